The average molecular weight is 240 g/mol. The normalized spacial score (nSPS) is 10.8. The van der Waals surface area contributed by atoms with Gasteiger partial charge in [-0.1, -0.05) is 0 Å². The first kappa shape index (κ1) is 13.5. The summed E-state index contributed by atoms with van der Waals surface area (Å²) >= 11 is 1.77. The molecule has 0 fully saturated rings. The third-order valence-corrected chi connectivity index (χ3v) is 3.48. The van der Waals surface area contributed by atoms with Gasteiger partial charge in [0.2, 0.25) is 0 Å². The van der Waals surface area contributed by atoms with Gasteiger partial charge in [0.05, 0.1) is 0 Å². The molecule has 0 aliphatic rings. The van der Waals surface area contributed by atoms with Gasteiger partial charge in [-0.15, -0.1) is 11.8 Å². The standard InChI is InChI=1S/C12H20N2OS/c1-9-7-10(2)14-12(11(9)8-13)16-6-4-5-15-3/h7H,4-6,8,13H2,1-3H3. The molecular weight excluding hydrogens is 220 g/mol. The van der Waals surface area contributed by atoms with Crippen molar-refractivity contribution >= 4 is 11.8 Å². The molecule has 0 bridgehead atoms. The molecule has 90 valence electrons. The molecule has 16 heavy (non-hydrogen) atoms. The van der Waals surface area contributed by atoms with Crippen molar-refractivity contribution in [3.05, 3.63) is 22.9 Å². The van der Waals surface area contributed by atoms with Gasteiger partial charge in [-0.3, -0.25) is 0 Å². The van der Waals surface area contributed by atoms with E-state index >= 15 is 0 Å². The van der Waals surface area contributed by atoms with Crippen LogP contribution in [-0.4, -0.2) is 24.5 Å². The van der Waals surface area contributed by atoms with Gasteiger partial charge >= 0.3 is 0 Å². The summed E-state index contributed by atoms with van der Waals surface area (Å²) < 4.78 is 5.03. The molecule has 0 saturated carbocycles. The third-order valence-electron chi connectivity index (χ3n) is 2.37. The summed E-state index contributed by atoms with van der Waals surface area (Å²) in [7, 11) is 1.73. The summed E-state index contributed by atoms with van der Waals surface area (Å²) in [5, 5.41) is 1.08. The van der Waals surface area contributed by atoms with Crippen LogP contribution in [-0.2, 0) is 11.3 Å². The van der Waals surface area contributed by atoms with Crippen LogP contribution in [0.3, 0.4) is 0 Å². The highest BCUT2D eigenvalue weighted by Crippen LogP contribution is 2.24. The van der Waals surface area contributed by atoms with Crippen LogP contribution in [0.2, 0.25) is 0 Å². The zero-order chi connectivity index (χ0) is 12.0. The summed E-state index contributed by atoms with van der Waals surface area (Å²) in [6.07, 6.45) is 1.04. The number of ether oxygens (including phenoxy) is 1. The molecule has 1 rings (SSSR count). The molecule has 1 aromatic rings. The maximum atomic E-state index is 5.75. The first-order valence-electron chi connectivity index (χ1n) is 5.48. The van der Waals surface area contributed by atoms with Crippen LogP contribution in [0.25, 0.3) is 0 Å². The van der Waals surface area contributed by atoms with E-state index in [0.29, 0.717) is 6.54 Å². The smallest absolute Gasteiger partial charge is 0.101 e. The topological polar surface area (TPSA) is 48.1 Å². The van der Waals surface area contributed by atoms with Gasteiger partial charge in [-0.2, -0.15) is 0 Å². The van der Waals surface area contributed by atoms with Gasteiger partial charge < -0.3 is 10.5 Å². The Morgan fingerprint density at radius 3 is 2.81 bits per heavy atom. The number of hydrogen-bond acceptors (Lipinski definition) is 4. The fourth-order valence-corrected chi connectivity index (χ4v) is 2.65. The van der Waals surface area contributed by atoms with E-state index in [2.05, 4.69) is 18.0 Å². The highest BCUT2D eigenvalue weighted by molar-refractivity contribution is 7.99. The number of thioether (sulfide) groups is 1. The van der Waals surface area contributed by atoms with Crippen LogP contribution in [0.5, 0.6) is 0 Å². The van der Waals surface area contributed by atoms with Crippen molar-refractivity contribution in [3.8, 4) is 0 Å². The van der Waals surface area contributed by atoms with Crippen molar-refractivity contribution in [3.63, 3.8) is 0 Å². The molecule has 0 aliphatic carbocycles. The highest BCUT2D eigenvalue weighted by atomic mass is 32.2. The highest BCUT2D eigenvalue weighted by Gasteiger charge is 2.07. The van der Waals surface area contributed by atoms with E-state index in [-0.39, 0.29) is 0 Å². The zero-order valence-corrected chi connectivity index (χ0v) is 11.1. The summed E-state index contributed by atoms with van der Waals surface area (Å²) in [6.45, 7) is 5.48. The van der Waals surface area contributed by atoms with E-state index in [1.165, 1.54) is 11.1 Å². The maximum Gasteiger partial charge on any atom is 0.101 e. The molecule has 0 unspecified atom stereocenters. The summed E-state index contributed by atoms with van der Waals surface area (Å²) in [5.74, 6) is 1.02. The van der Waals surface area contributed by atoms with E-state index in [1.807, 2.05) is 6.92 Å². The van der Waals surface area contributed by atoms with Crippen LogP contribution in [0.4, 0.5) is 0 Å². The lowest BCUT2D eigenvalue weighted by Crippen LogP contribution is -2.04. The van der Waals surface area contributed by atoms with Gasteiger partial charge in [-0.25, -0.2) is 4.98 Å². The van der Waals surface area contributed by atoms with Gasteiger partial charge in [0.1, 0.15) is 5.03 Å². The number of methoxy groups -OCH3 is 1. The van der Waals surface area contributed by atoms with Crippen LogP contribution >= 0.6 is 11.8 Å². The predicted octanol–water partition coefficient (Wildman–Crippen LogP) is 2.29. The average Bonchev–Trinajstić information content (AvgIpc) is 2.24. The minimum Gasteiger partial charge on any atom is -0.385 e. The number of nitrogens with zero attached hydrogens (tertiary/aromatic N) is 1. The number of rotatable bonds is 6. The van der Waals surface area contributed by atoms with Crippen LogP contribution in [0.1, 0.15) is 23.2 Å². The van der Waals surface area contributed by atoms with Gasteiger partial charge in [-0.05, 0) is 31.9 Å². The molecule has 0 aliphatic heterocycles. The monoisotopic (exact) mass is 240 g/mol. The summed E-state index contributed by atoms with van der Waals surface area (Å²) in [5.41, 5.74) is 9.23. The Hall–Kier alpha value is -0.580. The molecule has 0 radical (unpaired) electrons. The Labute approximate surface area is 102 Å². The Bertz CT molecular complexity index is 342. The quantitative estimate of drug-likeness (QED) is 0.612. The lowest BCUT2D eigenvalue weighted by atomic mass is 10.1. The first-order chi connectivity index (χ1) is 7.69. The zero-order valence-electron chi connectivity index (χ0n) is 10.2. The SMILES string of the molecule is COCCCSc1nc(C)cc(C)c1CN. The Balaban J connectivity index is 2.69. The van der Waals surface area contributed by atoms with Gasteiger partial charge in [0.25, 0.3) is 0 Å². The van der Waals surface area contributed by atoms with Crippen molar-refractivity contribution in [2.45, 2.75) is 31.8 Å². The predicted molar refractivity (Wildman–Crippen MR) is 68.8 cm³/mol. The minimum atomic E-state index is 0.561. The molecule has 0 aromatic carbocycles. The second-order valence-electron chi connectivity index (χ2n) is 3.76. The van der Waals surface area contributed by atoms with Crippen LogP contribution in [0, 0.1) is 13.8 Å². The fourth-order valence-electron chi connectivity index (χ4n) is 1.57. The van der Waals surface area contributed by atoms with E-state index in [1.54, 1.807) is 18.9 Å². The molecule has 1 heterocycles. The van der Waals surface area contributed by atoms with Crippen LogP contribution in [0.15, 0.2) is 11.1 Å². The lowest BCUT2D eigenvalue weighted by Gasteiger charge is -2.10. The molecule has 0 saturated heterocycles. The molecule has 3 nitrogen and oxygen atoms in total. The Kier molecular flexibility index (Phi) is 5.80. The number of pyridine rings is 1. The molecule has 0 atom stereocenters. The molecule has 2 N–H and O–H groups in total. The number of aryl methyl sites for hydroxylation is 2. The van der Waals surface area contributed by atoms with E-state index in [9.17, 15) is 0 Å². The molecule has 1 aromatic heterocycles. The van der Waals surface area contributed by atoms with Crippen LogP contribution < -0.4 is 5.73 Å². The molecular formula is C12H20N2OS. The lowest BCUT2D eigenvalue weighted by molar-refractivity contribution is 0.200. The Morgan fingerprint density at radius 1 is 1.44 bits per heavy atom. The third kappa shape index (κ3) is 3.77. The van der Waals surface area contributed by atoms with E-state index in [4.69, 9.17) is 10.5 Å². The largest absolute Gasteiger partial charge is 0.385 e. The molecule has 0 amide bonds. The first-order valence-corrected chi connectivity index (χ1v) is 6.46. The van der Waals surface area contributed by atoms with Crippen molar-refractivity contribution in [2.75, 3.05) is 19.5 Å². The number of aromatic nitrogens is 1. The number of nitrogens with two attached hydrogens (primary N) is 1. The van der Waals surface area contributed by atoms with Crippen molar-refractivity contribution in [2.24, 2.45) is 5.73 Å². The molecule has 0 spiro atoms. The second-order valence-corrected chi connectivity index (χ2v) is 4.85. The van der Waals surface area contributed by atoms with Gasteiger partial charge in [0.15, 0.2) is 0 Å². The number of hydrogen-bond donors (Lipinski definition) is 1. The minimum absolute atomic E-state index is 0.561. The molecule has 4 heteroatoms. The Morgan fingerprint density at radius 2 is 2.19 bits per heavy atom. The second kappa shape index (κ2) is 6.89. The summed E-state index contributed by atoms with van der Waals surface area (Å²) in [4.78, 5) is 4.54. The van der Waals surface area contributed by atoms with E-state index < -0.39 is 0 Å². The van der Waals surface area contributed by atoms with Gasteiger partial charge in [0, 0.05) is 37.3 Å². The summed E-state index contributed by atoms with van der Waals surface area (Å²) in [6, 6.07) is 2.08. The van der Waals surface area contributed by atoms with E-state index in [0.717, 1.165) is 29.5 Å². The van der Waals surface area contributed by atoms with Crippen molar-refractivity contribution < 1.29 is 4.74 Å². The fraction of sp³-hybridized carbons (Fsp3) is 0.583. The maximum absolute atomic E-state index is 5.75. The van der Waals surface area contributed by atoms with Crippen molar-refractivity contribution in [1.82, 2.24) is 4.98 Å². The van der Waals surface area contributed by atoms with Crippen molar-refractivity contribution in [1.29, 1.82) is 0 Å².